The maximum absolute atomic E-state index is 7.26. The number of hydrogen-bond acceptors (Lipinski definition) is 4. The van der Waals surface area contributed by atoms with Gasteiger partial charge in [-0.05, 0) is 25.2 Å². The number of amidine groups is 1. The van der Waals surface area contributed by atoms with Crippen LogP contribution in [-0.4, -0.2) is 28.4 Å². The Labute approximate surface area is 94.2 Å². The molecule has 2 bridgehead atoms. The van der Waals surface area contributed by atoms with E-state index in [1.54, 1.807) is 12.4 Å². The summed E-state index contributed by atoms with van der Waals surface area (Å²) in [6, 6.07) is 0.655. The molecule has 0 radical (unpaired) electrons. The van der Waals surface area contributed by atoms with E-state index in [9.17, 15) is 0 Å². The first kappa shape index (κ1) is 9.57. The molecule has 1 saturated carbocycles. The number of aromatic nitrogens is 2. The first-order valence-electron chi connectivity index (χ1n) is 5.67. The van der Waals surface area contributed by atoms with Crippen LogP contribution in [0.25, 0.3) is 0 Å². The minimum atomic E-state index is -0.0259. The van der Waals surface area contributed by atoms with Crippen molar-refractivity contribution in [1.29, 1.82) is 5.41 Å². The number of rotatable bonds is 2. The summed E-state index contributed by atoms with van der Waals surface area (Å²) in [6.07, 6.45) is 7.26. The van der Waals surface area contributed by atoms with Crippen molar-refractivity contribution >= 4 is 11.7 Å². The monoisotopic (exact) mass is 217 g/mol. The first-order valence-corrected chi connectivity index (χ1v) is 5.67. The molecule has 2 heterocycles. The van der Waals surface area contributed by atoms with E-state index < -0.39 is 0 Å². The highest BCUT2D eigenvalue weighted by molar-refractivity contribution is 5.92. The summed E-state index contributed by atoms with van der Waals surface area (Å²) in [5, 5.41) is 7.26. The number of anilines is 1. The van der Waals surface area contributed by atoms with Gasteiger partial charge in [0.15, 0.2) is 0 Å². The fourth-order valence-corrected chi connectivity index (χ4v) is 2.81. The van der Waals surface area contributed by atoms with Gasteiger partial charge in [0.2, 0.25) is 0 Å². The van der Waals surface area contributed by atoms with Gasteiger partial charge < -0.3 is 10.6 Å². The molecule has 0 amide bonds. The van der Waals surface area contributed by atoms with E-state index in [-0.39, 0.29) is 5.84 Å². The average Bonchev–Trinajstić information content (AvgIpc) is 2.91. The van der Waals surface area contributed by atoms with Crippen molar-refractivity contribution in [2.75, 3.05) is 11.4 Å². The molecule has 16 heavy (non-hydrogen) atoms. The number of nitrogens with two attached hydrogens (primary N) is 1. The second-order valence-corrected chi connectivity index (χ2v) is 4.66. The lowest BCUT2D eigenvalue weighted by Gasteiger charge is -2.27. The Hall–Kier alpha value is -1.65. The molecule has 0 spiro atoms. The third kappa shape index (κ3) is 1.43. The van der Waals surface area contributed by atoms with Crippen LogP contribution >= 0.6 is 0 Å². The van der Waals surface area contributed by atoms with E-state index in [2.05, 4.69) is 14.9 Å². The molecule has 3 rings (SSSR count). The highest BCUT2D eigenvalue weighted by Crippen LogP contribution is 2.39. The quantitative estimate of drug-likeness (QED) is 0.566. The lowest BCUT2D eigenvalue weighted by molar-refractivity contribution is 0.550. The molecule has 5 nitrogen and oxygen atoms in total. The van der Waals surface area contributed by atoms with Gasteiger partial charge in [-0.25, -0.2) is 9.97 Å². The highest BCUT2D eigenvalue weighted by Gasteiger charge is 2.38. The Morgan fingerprint density at radius 3 is 2.75 bits per heavy atom. The van der Waals surface area contributed by atoms with E-state index in [0.717, 1.165) is 18.3 Å². The van der Waals surface area contributed by atoms with Crippen LogP contribution in [0.1, 0.15) is 25.0 Å². The maximum atomic E-state index is 7.26. The normalized spacial score (nSPS) is 27.4. The second kappa shape index (κ2) is 3.43. The smallest absolute Gasteiger partial charge is 0.147 e. The minimum absolute atomic E-state index is 0.0259. The Morgan fingerprint density at radius 1 is 1.38 bits per heavy atom. The van der Waals surface area contributed by atoms with Gasteiger partial charge in [0.1, 0.15) is 17.3 Å². The molecule has 2 unspecified atom stereocenters. The van der Waals surface area contributed by atoms with Gasteiger partial charge in [-0.15, -0.1) is 0 Å². The maximum Gasteiger partial charge on any atom is 0.147 e. The van der Waals surface area contributed by atoms with Crippen molar-refractivity contribution < 1.29 is 0 Å². The molecule has 5 heteroatoms. The molecule has 1 aliphatic heterocycles. The van der Waals surface area contributed by atoms with Crippen LogP contribution in [0.4, 0.5) is 5.82 Å². The molecule has 84 valence electrons. The van der Waals surface area contributed by atoms with Crippen molar-refractivity contribution in [2.24, 2.45) is 11.7 Å². The Morgan fingerprint density at radius 2 is 2.25 bits per heavy atom. The lowest BCUT2D eigenvalue weighted by atomic mass is 10.1. The zero-order chi connectivity index (χ0) is 11.1. The molecule has 2 fully saturated rings. The number of piperidine rings is 1. The van der Waals surface area contributed by atoms with Crippen molar-refractivity contribution in [3.63, 3.8) is 0 Å². The Bertz CT molecular complexity index is 413. The van der Waals surface area contributed by atoms with Crippen LogP contribution in [0.2, 0.25) is 0 Å². The Balaban J connectivity index is 1.82. The number of nitrogens with one attached hydrogen (secondary N) is 1. The van der Waals surface area contributed by atoms with Crippen LogP contribution in [0.15, 0.2) is 12.4 Å². The van der Waals surface area contributed by atoms with Gasteiger partial charge in [0, 0.05) is 12.6 Å². The molecule has 1 aliphatic carbocycles. The van der Waals surface area contributed by atoms with Crippen LogP contribution in [0.3, 0.4) is 0 Å². The number of fused-ring (bicyclic) bond motifs is 2. The molecule has 2 atom stereocenters. The molecule has 3 N–H and O–H groups in total. The second-order valence-electron chi connectivity index (χ2n) is 4.66. The number of hydrogen-bond donors (Lipinski definition) is 2. The predicted octanol–water partition coefficient (Wildman–Crippen LogP) is 0.749. The van der Waals surface area contributed by atoms with Crippen LogP contribution in [0, 0.1) is 11.3 Å². The van der Waals surface area contributed by atoms with Gasteiger partial charge in [-0.2, -0.15) is 0 Å². The molecule has 1 aromatic heterocycles. The molecule has 1 saturated heterocycles. The Kier molecular flexibility index (Phi) is 2.05. The first-order chi connectivity index (χ1) is 7.74. The SMILES string of the molecule is N=C(N)c1cnc(N2CC3CCC2C3)cn1. The van der Waals surface area contributed by atoms with Crippen molar-refractivity contribution in [3.8, 4) is 0 Å². The summed E-state index contributed by atoms with van der Waals surface area (Å²) in [6.45, 7) is 1.11. The van der Waals surface area contributed by atoms with Crippen LogP contribution in [-0.2, 0) is 0 Å². The van der Waals surface area contributed by atoms with E-state index in [1.807, 2.05) is 0 Å². The van der Waals surface area contributed by atoms with E-state index >= 15 is 0 Å². The largest absolute Gasteiger partial charge is 0.382 e. The fourth-order valence-electron chi connectivity index (χ4n) is 2.81. The summed E-state index contributed by atoms with van der Waals surface area (Å²) in [5.74, 6) is 1.75. The van der Waals surface area contributed by atoms with Gasteiger partial charge in [0.05, 0.1) is 12.4 Å². The van der Waals surface area contributed by atoms with Gasteiger partial charge in [0.25, 0.3) is 0 Å². The highest BCUT2D eigenvalue weighted by atomic mass is 15.2. The average molecular weight is 217 g/mol. The molecular weight excluding hydrogens is 202 g/mol. The summed E-state index contributed by atoms with van der Waals surface area (Å²) < 4.78 is 0. The molecule has 1 aromatic rings. The van der Waals surface area contributed by atoms with Crippen molar-refractivity contribution in [3.05, 3.63) is 18.1 Å². The zero-order valence-electron chi connectivity index (χ0n) is 9.06. The lowest BCUT2D eigenvalue weighted by Crippen LogP contribution is -2.32. The van der Waals surface area contributed by atoms with E-state index in [4.69, 9.17) is 11.1 Å². The summed E-state index contributed by atoms with van der Waals surface area (Å²) in [4.78, 5) is 10.8. The number of nitrogens with zero attached hydrogens (tertiary/aromatic N) is 3. The van der Waals surface area contributed by atoms with Crippen molar-refractivity contribution in [1.82, 2.24) is 9.97 Å². The van der Waals surface area contributed by atoms with E-state index in [1.165, 1.54) is 19.3 Å². The summed E-state index contributed by atoms with van der Waals surface area (Å²) in [5.41, 5.74) is 5.80. The third-order valence-corrected chi connectivity index (χ3v) is 3.62. The summed E-state index contributed by atoms with van der Waals surface area (Å²) >= 11 is 0. The van der Waals surface area contributed by atoms with Crippen LogP contribution < -0.4 is 10.6 Å². The third-order valence-electron chi connectivity index (χ3n) is 3.62. The van der Waals surface area contributed by atoms with Crippen LogP contribution in [0.5, 0.6) is 0 Å². The van der Waals surface area contributed by atoms with E-state index in [0.29, 0.717) is 11.7 Å². The van der Waals surface area contributed by atoms with Gasteiger partial charge in [-0.1, -0.05) is 0 Å². The minimum Gasteiger partial charge on any atom is -0.382 e. The predicted molar refractivity (Wildman–Crippen MR) is 61.5 cm³/mol. The molecule has 2 aliphatic rings. The topological polar surface area (TPSA) is 78.9 Å². The number of nitrogen functional groups attached to an aromatic ring is 1. The van der Waals surface area contributed by atoms with Gasteiger partial charge in [-0.3, -0.25) is 5.41 Å². The summed E-state index contributed by atoms with van der Waals surface area (Å²) in [7, 11) is 0. The van der Waals surface area contributed by atoms with Crippen molar-refractivity contribution in [2.45, 2.75) is 25.3 Å². The molecular formula is C11H15N5. The van der Waals surface area contributed by atoms with Gasteiger partial charge >= 0.3 is 0 Å². The fraction of sp³-hybridized carbons (Fsp3) is 0.545. The molecule has 0 aromatic carbocycles. The zero-order valence-corrected chi connectivity index (χ0v) is 9.06. The standard InChI is InChI=1S/C11H15N5/c12-11(13)9-4-15-10(5-14-9)16-6-7-1-2-8(16)3-7/h4-5,7-8H,1-3,6H2,(H3,12,13).